The van der Waals surface area contributed by atoms with Gasteiger partial charge in [0.25, 0.3) is 5.91 Å². The van der Waals surface area contributed by atoms with Crippen LogP contribution in [0.5, 0.6) is 0 Å². The highest BCUT2D eigenvalue weighted by Crippen LogP contribution is 2.23. The third-order valence-electron chi connectivity index (χ3n) is 2.17. The van der Waals surface area contributed by atoms with Gasteiger partial charge in [-0.2, -0.15) is 0 Å². The summed E-state index contributed by atoms with van der Waals surface area (Å²) in [6.07, 6.45) is 1.51. The second kappa shape index (κ2) is 5.57. The lowest BCUT2D eigenvalue weighted by Gasteiger charge is -2.06. The number of hydrogen-bond donors (Lipinski definition) is 1. The van der Waals surface area contributed by atoms with Gasteiger partial charge in [0, 0.05) is 17.4 Å². The molecular weight excluding hydrogens is 295 g/mol. The number of benzene rings is 1. The fourth-order valence-electron chi connectivity index (χ4n) is 1.32. The van der Waals surface area contributed by atoms with E-state index < -0.39 is 0 Å². The van der Waals surface area contributed by atoms with E-state index in [0.717, 1.165) is 0 Å². The van der Waals surface area contributed by atoms with Crippen LogP contribution in [0.15, 0.2) is 36.5 Å². The maximum absolute atomic E-state index is 11.9. The molecule has 0 aliphatic carbocycles. The average molecular weight is 302 g/mol. The normalized spacial score (nSPS) is 10.2. The number of nitrogens with one attached hydrogen (secondary N) is 1. The summed E-state index contributed by atoms with van der Waals surface area (Å²) in [4.78, 5) is 15.7. The molecule has 2 rings (SSSR count). The predicted molar refractivity (Wildman–Crippen MR) is 73.7 cm³/mol. The van der Waals surface area contributed by atoms with Crippen molar-refractivity contribution in [2.24, 2.45) is 0 Å². The molecule has 1 aromatic carbocycles. The number of carbonyl (C=O) groups excluding carboxylic acids is 1. The summed E-state index contributed by atoms with van der Waals surface area (Å²) in [5.74, 6) is -0.296. The lowest BCUT2D eigenvalue weighted by atomic mass is 10.2. The molecule has 1 aromatic heterocycles. The zero-order chi connectivity index (χ0) is 13.1. The van der Waals surface area contributed by atoms with Crippen LogP contribution < -0.4 is 5.32 Å². The smallest absolute Gasteiger partial charge is 0.255 e. The Bertz CT molecular complexity index is 602. The molecule has 0 spiro atoms. The van der Waals surface area contributed by atoms with Gasteiger partial charge in [0.15, 0.2) is 0 Å². The molecule has 6 heteroatoms. The maximum atomic E-state index is 11.9. The van der Waals surface area contributed by atoms with Crippen LogP contribution in [0.1, 0.15) is 10.4 Å². The van der Waals surface area contributed by atoms with Gasteiger partial charge in [-0.15, -0.1) is 0 Å². The van der Waals surface area contributed by atoms with Crippen molar-refractivity contribution in [3.63, 3.8) is 0 Å². The number of rotatable bonds is 2. The maximum Gasteiger partial charge on any atom is 0.255 e. The molecule has 0 fully saturated rings. The quantitative estimate of drug-likeness (QED) is 0.841. The highest BCUT2D eigenvalue weighted by Gasteiger charge is 2.08. The minimum Gasteiger partial charge on any atom is -0.322 e. The monoisotopic (exact) mass is 300 g/mol. The van der Waals surface area contributed by atoms with Gasteiger partial charge in [-0.05, 0) is 30.3 Å². The number of amides is 1. The van der Waals surface area contributed by atoms with Crippen molar-refractivity contribution in [3.8, 4) is 0 Å². The third-order valence-corrected chi connectivity index (χ3v) is 3.11. The molecule has 0 aliphatic heterocycles. The molecule has 0 saturated carbocycles. The Kier molecular flexibility index (Phi) is 4.07. The number of nitrogens with zero attached hydrogens (tertiary/aromatic N) is 1. The largest absolute Gasteiger partial charge is 0.322 e. The van der Waals surface area contributed by atoms with Crippen molar-refractivity contribution < 1.29 is 4.79 Å². The summed E-state index contributed by atoms with van der Waals surface area (Å²) in [5, 5.41) is 3.72. The van der Waals surface area contributed by atoms with E-state index in [9.17, 15) is 4.79 Å². The van der Waals surface area contributed by atoms with Crippen LogP contribution in [0, 0.1) is 0 Å². The molecule has 18 heavy (non-hydrogen) atoms. The zero-order valence-electron chi connectivity index (χ0n) is 8.95. The molecule has 0 atom stereocenters. The van der Waals surface area contributed by atoms with Crippen LogP contribution >= 0.6 is 34.8 Å². The number of carbonyl (C=O) groups is 1. The van der Waals surface area contributed by atoms with Crippen LogP contribution in [0.4, 0.5) is 5.69 Å². The fraction of sp³-hybridized carbons (Fsp3) is 0. The first-order valence-corrected chi connectivity index (χ1v) is 6.07. The van der Waals surface area contributed by atoms with Gasteiger partial charge in [0.2, 0.25) is 0 Å². The summed E-state index contributed by atoms with van der Waals surface area (Å²) in [6, 6.07) is 7.85. The van der Waals surface area contributed by atoms with Gasteiger partial charge < -0.3 is 5.32 Å². The van der Waals surface area contributed by atoms with Crippen LogP contribution in [0.25, 0.3) is 0 Å². The second-order valence-electron chi connectivity index (χ2n) is 3.45. The van der Waals surface area contributed by atoms with E-state index in [1.165, 1.54) is 12.3 Å². The van der Waals surface area contributed by atoms with E-state index in [0.29, 0.717) is 26.4 Å². The van der Waals surface area contributed by atoms with Crippen molar-refractivity contribution >= 4 is 46.4 Å². The minimum absolute atomic E-state index is 0.296. The van der Waals surface area contributed by atoms with E-state index in [1.807, 2.05) is 0 Å². The van der Waals surface area contributed by atoms with Gasteiger partial charge in [0.1, 0.15) is 5.15 Å². The topological polar surface area (TPSA) is 42.0 Å². The lowest BCUT2D eigenvalue weighted by Crippen LogP contribution is -2.11. The number of anilines is 1. The first-order chi connectivity index (χ1) is 8.56. The Hall–Kier alpha value is -1.29. The zero-order valence-corrected chi connectivity index (χ0v) is 11.2. The van der Waals surface area contributed by atoms with Crippen molar-refractivity contribution in [1.82, 2.24) is 4.98 Å². The number of pyridine rings is 1. The van der Waals surface area contributed by atoms with Crippen molar-refractivity contribution in [2.75, 3.05) is 5.32 Å². The summed E-state index contributed by atoms with van der Waals surface area (Å²) >= 11 is 17.3. The van der Waals surface area contributed by atoms with Gasteiger partial charge in [0.05, 0.1) is 10.0 Å². The average Bonchev–Trinajstić information content (AvgIpc) is 2.32. The molecule has 0 aliphatic rings. The lowest BCUT2D eigenvalue weighted by molar-refractivity contribution is 0.102. The molecule has 1 amide bonds. The van der Waals surface area contributed by atoms with E-state index in [4.69, 9.17) is 34.8 Å². The van der Waals surface area contributed by atoms with Crippen LogP contribution in [-0.4, -0.2) is 10.9 Å². The summed E-state index contributed by atoms with van der Waals surface area (Å²) in [7, 11) is 0. The molecular formula is C12H7Cl3N2O. The van der Waals surface area contributed by atoms with Crippen molar-refractivity contribution in [2.45, 2.75) is 0 Å². The molecule has 2 aromatic rings. The highest BCUT2D eigenvalue weighted by atomic mass is 35.5. The molecule has 0 saturated heterocycles. The van der Waals surface area contributed by atoms with Crippen LogP contribution in [0.3, 0.4) is 0 Å². The minimum atomic E-state index is -0.296. The van der Waals surface area contributed by atoms with E-state index >= 15 is 0 Å². The Morgan fingerprint density at radius 3 is 2.50 bits per heavy atom. The van der Waals surface area contributed by atoms with Gasteiger partial charge in [-0.1, -0.05) is 34.8 Å². The van der Waals surface area contributed by atoms with Gasteiger partial charge >= 0.3 is 0 Å². The Morgan fingerprint density at radius 1 is 1.06 bits per heavy atom. The molecule has 0 unspecified atom stereocenters. The SMILES string of the molecule is O=C(Nc1ccnc(Cl)c1)c1ccc(Cl)c(Cl)c1. The molecule has 92 valence electrons. The summed E-state index contributed by atoms with van der Waals surface area (Å²) < 4.78 is 0. The molecule has 3 nitrogen and oxygen atoms in total. The summed E-state index contributed by atoms with van der Waals surface area (Å²) in [5.41, 5.74) is 0.975. The number of hydrogen-bond acceptors (Lipinski definition) is 2. The predicted octanol–water partition coefficient (Wildman–Crippen LogP) is 4.29. The van der Waals surface area contributed by atoms with E-state index in [1.54, 1.807) is 24.3 Å². The Morgan fingerprint density at radius 2 is 1.83 bits per heavy atom. The Labute approximate surface area is 119 Å². The third kappa shape index (κ3) is 3.13. The first kappa shape index (κ1) is 13.1. The first-order valence-electron chi connectivity index (χ1n) is 4.94. The number of halogens is 3. The van der Waals surface area contributed by atoms with Gasteiger partial charge in [-0.25, -0.2) is 4.98 Å². The van der Waals surface area contributed by atoms with Crippen LogP contribution in [-0.2, 0) is 0 Å². The molecule has 0 radical (unpaired) electrons. The van der Waals surface area contributed by atoms with Gasteiger partial charge in [-0.3, -0.25) is 4.79 Å². The summed E-state index contributed by atoms with van der Waals surface area (Å²) in [6.45, 7) is 0. The second-order valence-corrected chi connectivity index (χ2v) is 4.65. The van der Waals surface area contributed by atoms with E-state index in [2.05, 4.69) is 10.3 Å². The fourth-order valence-corrected chi connectivity index (χ4v) is 1.79. The van der Waals surface area contributed by atoms with Crippen molar-refractivity contribution in [1.29, 1.82) is 0 Å². The Balaban J connectivity index is 2.19. The van der Waals surface area contributed by atoms with E-state index in [-0.39, 0.29) is 5.91 Å². The molecule has 0 bridgehead atoms. The van der Waals surface area contributed by atoms with Crippen molar-refractivity contribution in [3.05, 3.63) is 57.3 Å². The number of aromatic nitrogens is 1. The molecule has 1 heterocycles. The van der Waals surface area contributed by atoms with Crippen LogP contribution in [0.2, 0.25) is 15.2 Å². The standard InChI is InChI=1S/C12H7Cl3N2O/c13-9-2-1-7(5-10(9)14)12(18)17-8-3-4-16-11(15)6-8/h1-6H,(H,16,17,18). The highest BCUT2D eigenvalue weighted by molar-refractivity contribution is 6.42. The molecule has 1 N–H and O–H groups in total.